The molecule has 0 radical (unpaired) electrons. The van der Waals surface area contributed by atoms with Crippen LogP contribution in [0.25, 0.3) is 0 Å². The van der Waals surface area contributed by atoms with E-state index in [-0.39, 0.29) is 23.8 Å². The largest absolute Gasteiger partial charge is 0.510 e. The molecule has 22 heavy (non-hydrogen) atoms. The second-order valence-electron chi connectivity index (χ2n) is 4.30. The van der Waals surface area contributed by atoms with E-state index in [1.54, 1.807) is 38.1 Å². The van der Waals surface area contributed by atoms with E-state index in [1.807, 2.05) is 6.92 Å². The van der Waals surface area contributed by atoms with E-state index in [4.69, 9.17) is 21.1 Å². The fourth-order valence-electron chi connectivity index (χ4n) is 1.78. The number of ether oxygens (including phenoxy) is 2. The summed E-state index contributed by atoms with van der Waals surface area (Å²) in [6, 6.07) is 7.08. The van der Waals surface area contributed by atoms with Crippen molar-refractivity contribution >= 4 is 29.0 Å². The number of aliphatic hydroxyl groups excluding tert-OH is 1. The van der Waals surface area contributed by atoms with Crippen molar-refractivity contribution in [3.8, 4) is 5.75 Å². The summed E-state index contributed by atoms with van der Waals surface area (Å²) in [7, 11) is 0. The number of hydrogen-bond acceptors (Lipinski definition) is 5. The molecule has 1 aromatic carbocycles. The van der Waals surface area contributed by atoms with Crippen LogP contribution in [0.4, 0.5) is 5.69 Å². The van der Waals surface area contributed by atoms with Crippen LogP contribution in [0.15, 0.2) is 40.6 Å². The number of hydrogen-bond donors (Lipinski definition) is 1. The third-order valence-electron chi connectivity index (χ3n) is 2.70. The summed E-state index contributed by atoms with van der Waals surface area (Å²) in [5.41, 5.74) is 0.955. The van der Waals surface area contributed by atoms with Gasteiger partial charge in [-0.25, -0.2) is 4.79 Å². The Morgan fingerprint density at radius 3 is 2.36 bits per heavy atom. The summed E-state index contributed by atoms with van der Waals surface area (Å²) in [6.07, 6.45) is 0. The lowest BCUT2D eigenvalue weighted by Crippen LogP contribution is -2.17. The summed E-state index contributed by atoms with van der Waals surface area (Å²) in [5, 5.41) is 9.82. The quantitative estimate of drug-likeness (QED) is 0.272. The van der Waals surface area contributed by atoms with Gasteiger partial charge in [0.05, 0.1) is 30.5 Å². The van der Waals surface area contributed by atoms with Gasteiger partial charge in [0.2, 0.25) is 0 Å². The number of benzene rings is 1. The zero-order valence-electron chi connectivity index (χ0n) is 12.9. The van der Waals surface area contributed by atoms with Gasteiger partial charge in [0.1, 0.15) is 17.1 Å². The maximum atomic E-state index is 11.9. The molecule has 0 saturated heterocycles. The van der Waals surface area contributed by atoms with Gasteiger partial charge in [-0.3, -0.25) is 4.99 Å². The maximum absolute atomic E-state index is 11.9. The molecular formula is C16H20ClNO4. The van der Waals surface area contributed by atoms with Crippen LogP contribution < -0.4 is 4.74 Å². The van der Waals surface area contributed by atoms with Crippen molar-refractivity contribution in [3.63, 3.8) is 0 Å². The topological polar surface area (TPSA) is 68.1 Å². The zero-order chi connectivity index (χ0) is 16.5. The number of aliphatic imine (C=N–C) groups is 1. The Bertz CT molecular complexity index is 564. The van der Waals surface area contributed by atoms with Crippen LogP contribution in [-0.4, -0.2) is 35.9 Å². The smallest absolute Gasteiger partial charge is 0.343 e. The van der Waals surface area contributed by atoms with E-state index < -0.39 is 5.97 Å². The summed E-state index contributed by atoms with van der Waals surface area (Å²) >= 11 is 5.61. The molecule has 0 atom stereocenters. The van der Waals surface area contributed by atoms with Crippen molar-refractivity contribution in [1.29, 1.82) is 0 Å². The van der Waals surface area contributed by atoms with Crippen molar-refractivity contribution in [2.24, 2.45) is 4.99 Å². The summed E-state index contributed by atoms with van der Waals surface area (Å²) in [5.74, 6) is -0.353. The average Bonchev–Trinajstić information content (AvgIpc) is 2.49. The summed E-state index contributed by atoms with van der Waals surface area (Å²) in [6.45, 7) is 5.99. The number of aliphatic hydroxyl groups is 1. The molecule has 0 aromatic heterocycles. The van der Waals surface area contributed by atoms with Gasteiger partial charge >= 0.3 is 5.97 Å². The second kappa shape index (κ2) is 9.10. The summed E-state index contributed by atoms with van der Waals surface area (Å²) in [4.78, 5) is 16.2. The van der Waals surface area contributed by atoms with Crippen molar-refractivity contribution in [2.45, 2.75) is 20.8 Å². The fraction of sp³-hybridized carbons (Fsp3) is 0.375. The van der Waals surface area contributed by atoms with Crippen LogP contribution in [0, 0.1) is 0 Å². The number of alkyl halides is 1. The van der Waals surface area contributed by atoms with E-state index in [0.29, 0.717) is 18.0 Å². The molecule has 6 heteroatoms. The maximum Gasteiger partial charge on any atom is 0.343 e. The molecule has 0 aliphatic carbocycles. The zero-order valence-corrected chi connectivity index (χ0v) is 13.7. The predicted octanol–water partition coefficient (Wildman–Crippen LogP) is 3.79. The lowest BCUT2D eigenvalue weighted by atomic mass is 10.1. The number of carbonyl (C=O) groups is 1. The Morgan fingerprint density at radius 2 is 1.86 bits per heavy atom. The van der Waals surface area contributed by atoms with Gasteiger partial charge in [-0.05, 0) is 45.0 Å². The third-order valence-corrected chi connectivity index (χ3v) is 2.95. The summed E-state index contributed by atoms with van der Waals surface area (Å²) < 4.78 is 10.3. The minimum absolute atomic E-state index is 0.00858. The predicted molar refractivity (Wildman–Crippen MR) is 87.4 cm³/mol. The first-order chi connectivity index (χ1) is 10.5. The van der Waals surface area contributed by atoms with E-state index in [1.165, 1.54) is 0 Å². The first-order valence-electron chi connectivity index (χ1n) is 6.97. The molecule has 120 valence electrons. The van der Waals surface area contributed by atoms with E-state index in [2.05, 4.69) is 4.99 Å². The number of allylic oxidation sites excluding steroid dienone is 1. The lowest BCUT2D eigenvalue weighted by Gasteiger charge is -2.09. The standard InChI is InChI=1S/C16H20ClNO4/c1-4-21-13-8-6-12(7-9-13)18-11(3)15(14(19)10-17)16(20)22-5-2/h6-9,19H,4-5,10H2,1-3H3/b15-14-,18-11?. The highest BCUT2D eigenvalue weighted by atomic mass is 35.5. The van der Waals surface area contributed by atoms with E-state index in [9.17, 15) is 9.90 Å². The normalized spacial score (nSPS) is 12.6. The van der Waals surface area contributed by atoms with Gasteiger partial charge in [0.25, 0.3) is 0 Å². The monoisotopic (exact) mass is 325 g/mol. The molecule has 0 spiro atoms. The molecule has 1 rings (SSSR count). The van der Waals surface area contributed by atoms with Crippen molar-refractivity contribution in [2.75, 3.05) is 19.1 Å². The van der Waals surface area contributed by atoms with Crippen LogP contribution in [0.5, 0.6) is 5.75 Å². The van der Waals surface area contributed by atoms with Gasteiger partial charge in [-0.2, -0.15) is 0 Å². The average molecular weight is 326 g/mol. The Labute approximate surface area is 135 Å². The SMILES string of the molecule is CCOC(=O)/C(C(C)=Nc1ccc(OCC)cc1)=C(\O)CCl. The molecule has 5 nitrogen and oxygen atoms in total. The van der Waals surface area contributed by atoms with Crippen molar-refractivity contribution < 1.29 is 19.4 Å². The van der Waals surface area contributed by atoms with Gasteiger partial charge < -0.3 is 14.6 Å². The van der Waals surface area contributed by atoms with Gasteiger partial charge in [0.15, 0.2) is 0 Å². The Kier molecular flexibility index (Phi) is 7.46. The van der Waals surface area contributed by atoms with Crippen molar-refractivity contribution in [3.05, 3.63) is 35.6 Å². The molecule has 1 N–H and O–H groups in total. The van der Waals surface area contributed by atoms with Crippen LogP contribution in [-0.2, 0) is 9.53 Å². The van der Waals surface area contributed by atoms with Crippen LogP contribution in [0.3, 0.4) is 0 Å². The lowest BCUT2D eigenvalue weighted by molar-refractivity contribution is -0.138. The first kappa shape index (κ1) is 18.0. The molecule has 0 unspecified atom stereocenters. The van der Waals surface area contributed by atoms with Crippen LogP contribution in [0.1, 0.15) is 20.8 Å². The number of esters is 1. The van der Waals surface area contributed by atoms with Gasteiger partial charge in [-0.1, -0.05) is 0 Å². The molecule has 0 fully saturated rings. The van der Waals surface area contributed by atoms with Crippen molar-refractivity contribution in [1.82, 2.24) is 0 Å². The van der Waals surface area contributed by atoms with Gasteiger partial charge in [-0.15, -0.1) is 11.6 Å². The molecule has 0 amide bonds. The number of rotatable bonds is 7. The Balaban J connectivity index is 3.07. The molecule has 1 aromatic rings. The highest BCUT2D eigenvalue weighted by Gasteiger charge is 2.19. The molecule has 0 heterocycles. The number of nitrogens with zero attached hydrogens (tertiary/aromatic N) is 1. The highest BCUT2D eigenvalue weighted by molar-refractivity contribution is 6.23. The highest BCUT2D eigenvalue weighted by Crippen LogP contribution is 2.20. The van der Waals surface area contributed by atoms with Crippen LogP contribution >= 0.6 is 11.6 Å². The first-order valence-corrected chi connectivity index (χ1v) is 7.50. The van der Waals surface area contributed by atoms with E-state index in [0.717, 1.165) is 5.75 Å². The van der Waals surface area contributed by atoms with E-state index >= 15 is 0 Å². The van der Waals surface area contributed by atoms with Crippen LogP contribution in [0.2, 0.25) is 0 Å². The Morgan fingerprint density at radius 1 is 1.23 bits per heavy atom. The Hall–Kier alpha value is -2.01. The minimum Gasteiger partial charge on any atom is -0.510 e. The molecule has 0 aliphatic heterocycles. The van der Waals surface area contributed by atoms with Gasteiger partial charge in [0, 0.05) is 0 Å². The fourth-order valence-corrected chi connectivity index (χ4v) is 1.91. The molecule has 0 saturated carbocycles. The second-order valence-corrected chi connectivity index (χ2v) is 4.57. The minimum atomic E-state index is -0.646. The molecule has 0 bridgehead atoms. The third kappa shape index (κ3) is 5.07. The number of carbonyl (C=O) groups excluding carboxylic acids is 1. The molecule has 0 aliphatic rings. The number of halogens is 1. The molecular weight excluding hydrogens is 306 g/mol.